The molecule has 0 amide bonds. The molecule has 0 atom stereocenters. The monoisotopic (exact) mass is 327 g/mol. The summed E-state index contributed by atoms with van der Waals surface area (Å²) in [7, 11) is -3.59. The van der Waals surface area contributed by atoms with Gasteiger partial charge >= 0.3 is 0 Å². The number of hydrogen-bond acceptors (Lipinski definition) is 3. The van der Waals surface area contributed by atoms with Gasteiger partial charge in [-0.2, -0.15) is 0 Å². The van der Waals surface area contributed by atoms with Crippen molar-refractivity contribution in [2.75, 3.05) is 13.2 Å². The minimum Gasteiger partial charge on any atom is -0.396 e. The smallest absolute Gasteiger partial charge is 0.242 e. The lowest BCUT2D eigenvalue weighted by atomic mass is 10.4. The minimum absolute atomic E-state index is 0.0373. The second-order valence-corrected chi connectivity index (χ2v) is 6.11. The summed E-state index contributed by atoms with van der Waals surface area (Å²) in [5.41, 5.74) is 0. The highest BCUT2D eigenvalue weighted by Crippen LogP contribution is 2.24. The molecule has 2 N–H and O–H groups in total. The minimum atomic E-state index is -3.59. The van der Waals surface area contributed by atoms with Crippen LogP contribution in [0.2, 0.25) is 5.02 Å². The molecule has 0 bridgehead atoms. The molecular formula is C9H11BrClNO3S. The summed E-state index contributed by atoms with van der Waals surface area (Å²) in [5, 5.41) is 8.72. The molecule has 0 aromatic heterocycles. The first kappa shape index (κ1) is 13.9. The normalized spacial score (nSPS) is 11.7. The maximum absolute atomic E-state index is 11.7. The highest BCUT2D eigenvalue weighted by molar-refractivity contribution is 9.10. The molecule has 4 nitrogen and oxygen atoms in total. The van der Waals surface area contributed by atoms with Crippen LogP contribution in [-0.2, 0) is 10.0 Å². The number of rotatable bonds is 5. The second kappa shape index (κ2) is 5.97. The molecule has 0 spiro atoms. The van der Waals surface area contributed by atoms with Crippen LogP contribution < -0.4 is 4.72 Å². The zero-order chi connectivity index (χ0) is 12.2. The third kappa shape index (κ3) is 3.71. The molecule has 16 heavy (non-hydrogen) atoms. The van der Waals surface area contributed by atoms with Gasteiger partial charge in [-0.1, -0.05) is 27.5 Å². The van der Waals surface area contributed by atoms with Crippen LogP contribution in [0.25, 0.3) is 0 Å². The van der Waals surface area contributed by atoms with E-state index in [9.17, 15) is 8.42 Å². The van der Waals surface area contributed by atoms with Crippen molar-refractivity contribution < 1.29 is 13.5 Å². The van der Waals surface area contributed by atoms with Crippen LogP contribution in [0, 0.1) is 0 Å². The van der Waals surface area contributed by atoms with Crippen molar-refractivity contribution in [1.29, 1.82) is 0 Å². The first-order chi connectivity index (χ1) is 7.47. The quantitative estimate of drug-likeness (QED) is 0.810. The summed E-state index contributed by atoms with van der Waals surface area (Å²) in [6.07, 6.45) is 0.368. The molecule has 0 heterocycles. The van der Waals surface area contributed by atoms with Crippen LogP contribution >= 0.6 is 27.5 Å². The Morgan fingerprint density at radius 1 is 1.44 bits per heavy atom. The van der Waals surface area contributed by atoms with E-state index in [4.69, 9.17) is 16.7 Å². The first-order valence-electron chi connectivity index (χ1n) is 4.53. The lowest BCUT2D eigenvalue weighted by Crippen LogP contribution is -2.25. The molecule has 1 aromatic rings. The number of benzene rings is 1. The number of aliphatic hydroxyl groups is 1. The van der Waals surface area contributed by atoms with E-state index in [1.165, 1.54) is 12.1 Å². The Hall–Kier alpha value is -0.140. The standard InChI is InChI=1S/C9H11BrClNO3S/c10-7-2-3-9(8(11)6-7)16(14,15)12-4-1-5-13/h2-3,6,12-13H,1,4-5H2. The third-order valence-corrected chi connectivity index (χ3v) is 4.25. The van der Waals surface area contributed by atoms with Crippen molar-refractivity contribution in [2.45, 2.75) is 11.3 Å². The Morgan fingerprint density at radius 2 is 2.12 bits per heavy atom. The van der Waals surface area contributed by atoms with Crippen molar-refractivity contribution in [2.24, 2.45) is 0 Å². The maximum atomic E-state index is 11.7. The summed E-state index contributed by atoms with van der Waals surface area (Å²) in [6, 6.07) is 4.54. The molecule has 0 aliphatic rings. The molecule has 0 saturated carbocycles. The molecule has 1 aromatic carbocycles. The van der Waals surface area contributed by atoms with Crippen LogP contribution in [-0.4, -0.2) is 26.7 Å². The van der Waals surface area contributed by atoms with E-state index in [-0.39, 0.29) is 23.1 Å². The lowest BCUT2D eigenvalue weighted by molar-refractivity contribution is 0.289. The van der Waals surface area contributed by atoms with Gasteiger partial charge in [0.2, 0.25) is 10.0 Å². The van der Waals surface area contributed by atoms with Crippen LogP contribution in [0.1, 0.15) is 6.42 Å². The average Bonchev–Trinajstić information content (AvgIpc) is 2.17. The predicted molar refractivity (Wildman–Crippen MR) is 66.0 cm³/mol. The van der Waals surface area contributed by atoms with Gasteiger partial charge in [-0.25, -0.2) is 13.1 Å². The molecule has 0 radical (unpaired) electrons. The van der Waals surface area contributed by atoms with E-state index >= 15 is 0 Å². The van der Waals surface area contributed by atoms with Gasteiger partial charge in [-0.3, -0.25) is 0 Å². The van der Waals surface area contributed by atoms with E-state index in [0.29, 0.717) is 10.9 Å². The van der Waals surface area contributed by atoms with E-state index in [0.717, 1.165) is 0 Å². The number of sulfonamides is 1. The molecule has 0 aliphatic heterocycles. The summed E-state index contributed by atoms with van der Waals surface area (Å²) in [6.45, 7) is 0.127. The van der Waals surface area contributed by atoms with Crippen LogP contribution in [0.4, 0.5) is 0 Å². The number of aliphatic hydroxyl groups excluding tert-OH is 1. The highest BCUT2D eigenvalue weighted by Gasteiger charge is 2.16. The van der Waals surface area contributed by atoms with Crippen molar-refractivity contribution in [1.82, 2.24) is 4.72 Å². The van der Waals surface area contributed by atoms with Gasteiger partial charge in [0.25, 0.3) is 0 Å². The Kier molecular flexibility index (Phi) is 5.20. The Morgan fingerprint density at radius 3 is 2.69 bits per heavy atom. The summed E-state index contributed by atoms with van der Waals surface area (Å²) >= 11 is 9.02. The number of nitrogens with one attached hydrogen (secondary N) is 1. The SMILES string of the molecule is O=S(=O)(NCCCO)c1ccc(Br)cc1Cl. The zero-order valence-corrected chi connectivity index (χ0v) is 11.4. The number of hydrogen-bond donors (Lipinski definition) is 2. The fraction of sp³-hybridized carbons (Fsp3) is 0.333. The molecule has 0 aliphatic carbocycles. The fourth-order valence-electron chi connectivity index (χ4n) is 1.06. The molecule has 0 fully saturated rings. The Bertz CT molecular complexity index is 464. The Labute approximate surface area is 108 Å². The largest absolute Gasteiger partial charge is 0.396 e. The fourth-order valence-corrected chi connectivity index (χ4v) is 3.17. The van der Waals surface area contributed by atoms with E-state index in [1.54, 1.807) is 6.07 Å². The van der Waals surface area contributed by atoms with E-state index in [1.807, 2.05) is 0 Å². The molecule has 1 rings (SSSR count). The van der Waals surface area contributed by atoms with E-state index < -0.39 is 10.0 Å². The molecule has 90 valence electrons. The predicted octanol–water partition coefficient (Wildman–Crippen LogP) is 1.76. The molecular weight excluding hydrogens is 318 g/mol. The maximum Gasteiger partial charge on any atom is 0.242 e. The molecule has 0 unspecified atom stereocenters. The molecule has 7 heteroatoms. The van der Waals surface area contributed by atoms with Crippen LogP contribution in [0.3, 0.4) is 0 Å². The lowest BCUT2D eigenvalue weighted by Gasteiger charge is -2.07. The van der Waals surface area contributed by atoms with Crippen molar-refractivity contribution in [3.63, 3.8) is 0 Å². The van der Waals surface area contributed by atoms with Crippen molar-refractivity contribution >= 4 is 37.6 Å². The topological polar surface area (TPSA) is 66.4 Å². The van der Waals surface area contributed by atoms with Crippen LogP contribution in [0.15, 0.2) is 27.6 Å². The van der Waals surface area contributed by atoms with Gasteiger partial charge < -0.3 is 5.11 Å². The van der Waals surface area contributed by atoms with Gasteiger partial charge in [-0.15, -0.1) is 0 Å². The third-order valence-electron chi connectivity index (χ3n) is 1.81. The summed E-state index contributed by atoms with van der Waals surface area (Å²) in [4.78, 5) is 0.0373. The average molecular weight is 329 g/mol. The van der Waals surface area contributed by atoms with Gasteiger partial charge in [0.15, 0.2) is 0 Å². The van der Waals surface area contributed by atoms with E-state index in [2.05, 4.69) is 20.7 Å². The zero-order valence-electron chi connectivity index (χ0n) is 8.28. The van der Waals surface area contributed by atoms with Crippen molar-refractivity contribution in [3.05, 3.63) is 27.7 Å². The number of halogens is 2. The van der Waals surface area contributed by atoms with Gasteiger partial charge in [0, 0.05) is 17.6 Å². The Balaban J connectivity index is 2.90. The summed E-state index contributed by atoms with van der Waals surface area (Å²) in [5.74, 6) is 0. The van der Waals surface area contributed by atoms with Gasteiger partial charge in [-0.05, 0) is 24.6 Å². The highest BCUT2D eigenvalue weighted by atomic mass is 79.9. The van der Waals surface area contributed by atoms with Gasteiger partial charge in [0.05, 0.1) is 5.02 Å². The van der Waals surface area contributed by atoms with Gasteiger partial charge in [0.1, 0.15) is 4.90 Å². The molecule has 0 saturated heterocycles. The second-order valence-electron chi connectivity index (χ2n) is 3.05. The first-order valence-corrected chi connectivity index (χ1v) is 7.18. The summed E-state index contributed by atoms with van der Waals surface area (Å²) < 4.78 is 26.6. The van der Waals surface area contributed by atoms with Crippen molar-refractivity contribution in [3.8, 4) is 0 Å². The van der Waals surface area contributed by atoms with Crippen LogP contribution in [0.5, 0.6) is 0 Å².